The Bertz CT molecular complexity index is 489. The molecule has 0 aliphatic heterocycles. The van der Waals surface area contributed by atoms with Crippen molar-refractivity contribution in [2.45, 2.75) is 13.5 Å². The number of carbonyl (C=O) groups is 1. The molecule has 0 radical (unpaired) electrons. The van der Waals surface area contributed by atoms with Gasteiger partial charge in [0.2, 0.25) is 5.17 Å². The Kier molecular flexibility index (Phi) is 7.39. The molecule has 108 valence electrons. The first-order valence-corrected chi connectivity index (χ1v) is 6.49. The Morgan fingerprint density at radius 1 is 1.50 bits per heavy atom. The van der Waals surface area contributed by atoms with Crippen LogP contribution in [-0.2, 0) is 20.9 Å². The number of ether oxygens (including phenoxy) is 2. The van der Waals surface area contributed by atoms with Crippen LogP contribution in [0.1, 0.15) is 12.5 Å². The van der Waals surface area contributed by atoms with Gasteiger partial charge in [0.05, 0.1) is 25.5 Å². The molecular formula is C14H17ClN2O3. The summed E-state index contributed by atoms with van der Waals surface area (Å²) >= 11 is 5.71. The molecule has 1 aromatic rings. The van der Waals surface area contributed by atoms with Gasteiger partial charge in [0.1, 0.15) is 0 Å². The Hall–Kier alpha value is -1.85. The number of esters is 1. The van der Waals surface area contributed by atoms with Crippen LogP contribution in [0.25, 0.3) is 0 Å². The number of nitrogens with zero attached hydrogens (tertiary/aromatic N) is 1. The van der Waals surface area contributed by atoms with Crippen molar-refractivity contribution in [3.63, 3.8) is 0 Å². The molecule has 0 aliphatic rings. The Morgan fingerprint density at radius 3 is 2.95 bits per heavy atom. The Morgan fingerprint density at radius 2 is 2.25 bits per heavy atom. The third kappa shape index (κ3) is 5.42. The van der Waals surface area contributed by atoms with Crippen LogP contribution in [0.2, 0.25) is 0 Å². The molecule has 5 nitrogen and oxygen atoms in total. The van der Waals surface area contributed by atoms with Gasteiger partial charge in [-0.05, 0) is 13.0 Å². The van der Waals surface area contributed by atoms with Gasteiger partial charge in [-0.1, -0.05) is 35.9 Å². The van der Waals surface area contributed by atoms with Gasteiger partial charge in [0, 0.05) is 5.56 Å². The highest BCUT2D eigenvalue weighted by Crippen LogP contribution is 2.16. The van der Waals surface area contributed by atoms with Crippen molar-refractivity contribution in [3.8, 4) is 0 Å². The maximum absolute atomic E-state index is 11.3. The summed E-state index contributed by atoms with van der Waals surface area (Å²) in [6, 6.07) is 7.42. The van der Waals surface area contributed by atoms with Gasteiger partial charge < -0.3 is 9.47 Å². The number of carbonyl (C=O) groups excluding carboxylic acids is 1. The van der Waals surface area contributed by atoms with Gasteiger partial charge in [-0.15, -0.1) is 6.58 Å². The molecule has 0 amide bonds. The van der Waals surface area contributed by atoms with Crippen molar-refractivity contribution in [1.82, 2.24) is 0 Å². The van der Waals surface area contributed by atoms with Gasteiger partial charge in [0.15, 0.2) is 0 Å². The van der Waals surface area contributed by atoms with Crippen LogP contribution in [0, 0.1) is 0 Å². The SMILES string of the molecule is C=CCOCc1ccccc1N/N=C(\Cl)C(=O)OCC. The Labute approximate surface area is 123 Å². The molecular weight excluding hydrogens is 280 g/mol. The van der Waals surface area contributed by atoms with Crippen LogP contribution in [0.15, 0.2) is 42.0 Å². The molecule has 0 atom stereocenters. The average Bonchev–Trinajstić information content (AvgIpc) is 2.46. The molecule has 0 aliphatic carbocycles. The molecule has 0 aromatic heterocycles. The summed E-state index contributed by atoms with van der Waals surface area (Å²) < 4.78 is 10.1. The summed E-state index contributed by atoms with van der Waals surface area (Å²) in [6.07, 6.45) is 1.67. The van der Waals surface area contributed by atoms with Crippen LogP contribution in [0.5, 0.6) is 0 Å². The minimum atomic E-state index is -0.665. The van der Waals surface area contributed by atoms with E-state index in [0.717, 1.165) is 5.56 Å². The fraction of sp³-hybridized carbons (Fsp3) is 0.286. The highest BCUT2D eigenvalue weighted by atomic mass is 35.5. The van der Waals surface area contributed by atoms with Crippen molar-refractivity contribution in [2.24, 2.45) is 5.10 Å². The molecule has 1 aromatic carbocycles. The van der Waals surface area contributed by atoms with E-state index in [2.05, 4.69) is 17.1 Å². The third-order valence-corrected chi connectivity index (χ3v) is 2.47. The van der Waals surface area contributed by atoms with E-state index in [9.17, 15) is 4.79 Å². The number of benzene rings is 1. The second-order valence-electron chi connectivity index (χ2n) is 3.70. The fourth-order valence-corrected chi connectivity index (χ4v) is 1.45. The topological polar surface area (TPSA) is 59.9 Å². The van der Waals surface area contributed by atoms with Crippen molar-refractivity contribution in [2.75, 3.05) is 18.6 Å². The third-order valence-electron chi connectivity index (χ3n) is 2.23. The average molecular weight is 297 g/mol. The Balaban J connectivity index is 2.69. The van der Waals surface area contributed by atoms with Crippen LogP contribution in [-0.4, -0.2) is 24.4 Å². The van der Waals surface area contributed by atoms with E-state index in [1.54, 1.807) is 13.0 Å². The number of anilines is 1. The maximum Gasteiger partial charge on any atom is 0.370 e. The smallest absolute Gasteiger partial charge is 0.370 e. The summed E-state index contributed by atoms with van der Waals surface area (Å²) in [4.78, 5) is 11.3. The molecule has 0 fully saturated rings. The molecule has 0 saturated heterocycles. The number of halogens is 1. The van der Waals surface area contributed by atoms with E-state index >= 15 is 0 Å². The second kappa shape index (κ2) is 9.12. The van der Waals surface area contributed by atoms with Gasteiger partial charge >= 0.3 is 5.97 Å². The van der Waals surface area contributed by atoms with Crippen LogP contribution in [0.4, 0.5) is 5.69 Å². The minimum Gasteiger partial charge on any atom is -0.461 e. The largest absolute Gasteiger partial charge is 0.461 e. The predicted octanol–water partition coefficient (Wildman–Crippen LogP) is 2.92. The lowest BCUT2D eigenvalue weighted by molar-refractivity contribution is -0.134. The molecule has 0 saturated carbocycles. The molecule has 0 unspecified atom stereocenters. The van der Waals surface area contributed by atoms with E-state index in [1.807, 2.05) is 24.3 Å². The second-order valence-corrected chi connectivity index (χ2v) is 4.05. The molecule has 6 heteroatoms. The van der Waals surface area contributed by atoms with Gasteiger partial charge in [-0.3, -0.25) is 5.43 Å². The molecule has 0 heterocycles. The van der Waals surface area contributed by atoms with E-state index < -0.39 is 5.97 Å². The summed E-state index contributed by atoms with van der Waals surface area (Å²) in [5.41, 5.74) is 4.33. The number of hydrogen-bond acceptors (Lipinski definition) is 5. The number of hydrogen-bond donors (Lipinski definition) is 1. The lowest BCUT2D eigenvalue weighted by Gasteiger charge is -2.08. The summed E-state index contributed by atoms with van der Waals surface area (Å²) in [5, 5.41) is 3.53. The van der Waals surface area contributed by atoms with Gasteiger partial charge in [0.25, 0.3) is 0 Å². The minimum absolute atomic E-state index is 0.247. The maximum atomic E-state index is 11.3. The number of para-hydroxylation sites is 1. The lowest BCUT2D eigenvalue weighted by Crippen LogP contribution is -2.13. The molecule has 20 heavy (non-hydrogen) atoms. The van der Waals surface area contributed by atoms with Gasteiger partial charge in [-0.2, -0.15) is 5.10 Å². The zero-order chi connectivity index (χ0) is 14.8. The van der Waals surface area contributed by atoms with Crippen LogP contribution < -0.4 is 5.43 Å². The standard InChI is InChI=1S/C14H17ClN2O3/c1-3-9-19-10-11-7-5-6-8-12(11)16-17-13(15)14(18)20-4-2/h3,5-8,16H,1,4,9-10H2,2H3/b17-13-. The van der Waals surface area contributed by atoms with E-state index in [0.29, 0.717) is 18.9 Å². The fourth-order valence-electron chi connectivity index (χ4n) is 1.35. The quantitative estimate of drug-likeness (QED) is 0.263. The van der Waals surface area contributed by atoms with Gasteiger partial charge in [-0.25, -0.2) is 4.79 Å². The molecule has 1 rings (SSSR count). The van der Waals surface area contributed by atoms with Crippen molar-refractivity contribution in [1.29, 1.82) is 0 Å². The summed E-state index contributed by atoms with van der Waals surface area (Å²) in [7, 11) is 0. The number of hydrazone groups is 1. The first-order chi connectivity index (χ1) is 9.69. The predicted molar refractivity (Wildman–Crippen MR) is 79.8 cm³/mol. The summed E-state index contributed by atoms with van der Waals surface area (Å²) in [6.45, 7) is 6.39. The summed E-state index contributed by atoms with van der Waals surface area (Å²) in [5.74, 6) is -0.665. The molecule has 1 N–H and O–H groups in total. The monoisotopic (exact) mass is 296 g/mol. The van der Waals surface area contributed by atoms with E-state index in [4.69, 9.17) is 21.1 Å². The van der Waals surface area contributed by atoms with Crippen LogP contribution in [0.3, 0.4) is 0 Å². The van der Waals surface area contributed by atoms with Crippen molar-refractivity contribution in [3.05, 3.63) is 42.5 Å². The van der Waals surface area contributed by atoms with E-state index in [1.165, 1.54) is 0 Å². The number of nitrogens with one attached hydrogen (secondary N) is 1. The van der Waals surface area contributed by atoms with Crippen molar-refractivity contribution < 1.29 is 14.3 Å². The normalized spacial score (nSPS) is 11.0. The van der Waals surface area contributed by atoms with E-state index in [-0.39, 0.29) is 11.8 Å². The lowest BCUT2D eigenvalue weighted by atomic mass is 10.2. The molecule has 0 spiro atoms. The highest BCUT2D eigenvalue weighted by molar-refractivity contribution is 6.82. The van der Waals surface area contributed by atoms with Crippen molar-refractivity contribution >= 4 is 28.4 Å². The highest BCUT2D eigenvalue weighted by Gasteiger charge is 2.09. The van der Waals surface area contributed by atoms with Crippen LogP contribution >= 0.6 is 11.6 Å². The zero-order valence-corrected chi connectivity index (χ0v) is 12.0. The number of rotatable bonds is 8. The first kappa shape index (κ1) is 16.2. The molecule has 0 bridgehead atoms. The first-order valence-electron chi connectivity index (χ1n) is 6.11. The zero-order valence-electron chi connectivity index (χ0n) is 11.3.